The number of H-pyrrole nitrogens is 1. The second-order valence-corrected chi connectivity index (χ2v) is 8.41. The van der Waals surface area contributed by atoms with Crippen molar-refractivity contribution in [2.45, 2.75) is 13.0 Å². The van der Waals surface area contributed by atoms with E-state index in [-0.39, 0.29) is 0 Å². The molecule has 0 fully saturated rings. The van der Waals surface area contributed by atoms with Crippen LogP contribution in [0.15, 0.2) is 73.3 Å². The quantitative estimate of drug-likeness (QED) is 0.389. The minimum Gasteiger partial charge on any atom is -0.361 e. The molecule has 3 heterocycles. The summed E-state index contributed by atoms with van der Waals surface area (Å²) in [5.41, 5.74) is 7.59. The molecular weight excluding hydrogens is 368 g/mol. The maximum Gasteiger partial charge on any atom is 0.0486 e. The maximum absolute atomic E-state index is 3.44. The van der Waals surface area contributed by atoms with E-state index >= 15 is 0 Å². The van der Waals surface area contributed by atoms with Crippen molar-refractivity contribution in [1.82, 2.24) is 19.0 Å². The van der Waals surface area contributed by atoms with Crippen LogP contribution in [0.1, 0.15) is 6.42 Å². The Hall–Kier alpha value is -3.24. The van der Waals surface area contributed by atoms with E-state index in [1.165, 1.54) is 44.1 Å². The van der Waals surface area contributed by atoms with Crippen LogP contribution in [0, 0.1) is 0 Å². The molecular formula is C26H28N4. The molecule has 5 aromatic rings. The third kappa shape index (κ3) is 3.23. The minimum absolute atomic E-state index is 1.02. The summed E-state index contributed by atoms with van der Waals surface area (Å²) in [6.07, 6.45) is 10.1. The molecule has 0 bridgehead atoms. The molecule has 1 N–H and O–H groups in total. The lowest BCUT2D eigenvalue weighted by molar-refractivity contribution is 0.388. The number of aryl methyl sites for hydroxylation is 2. The molecule has 0 saturated heterocycles. The van der Waals surface area contributed by atoms with Gasteiger partial charge in [0, 0.05) is 82.4 Å². The average Bonchev–Trinajstić information content (AvgIpc) is 3.43. The first-order valence-corrected chi connectivity index (χ1v) is 10.6. The molecule has 3 aromatic heterocycles. The highest BCUT2D eigenvalue weighted by atomic mass is 15.1. The molecule has 0 aliphatic heterocycles. The minimum atomic E-state index is 1.02. The molecule has 4 nitrogen and oxygen atoms in total. The second-order valence-electron chi connectivity index (χ2n) is 8.41. The summed E-state index contributed by atoms with van der Waals surface area (Å²) in [4.78, 5) is 5.69. The Morgan fingerprint density at radius 2 is 1.50 bits per heavy atom. The average molecular weight is 397 g/mol. The normalized spacial score (nSPS) is 11.9. The Kier molecular flexibility index (Phi) is 4.72. The number of benzene rings is 2. The number of aromatic nitrogens is 3. The molecule has 0 unspecified atom stereocenters. The van der Waals surface area contributed by atoms with E-state index in [2.05, 4.69) is 113 Å². The number of nitrogens with one attached hydrogen (secondary N) is 1. The summed E-state index contributed by atoms with van der Waals surface area (Å²) in [6, 6.07) is 17.3. The Morgan fingerprint density at radius 3 is 2.30 bits per heavy atom. The summed E-state index contributed by atoms with van der Waals surface area (Å²) in [7, 11) is 6.38. The number of nitrogens with zero attached hydrogens (tertiary/aromatic N) is 3. The topological polar surface area (TPSA) is 28.9 Å². The summed E-state index contributed by atoms with van der Waals surface area (Å²) < 4.78 is 4.59. The molecule has 152 valence electrons. The highest BCUT2D eigenvalue weighted by Gasteiger charge is 2.18. The van der Waals surface area contributed by atoms with Crippen molar-refractivity contribution < 1.29 is 0 Å². The van der Waals surface area contributed by atoms with E-state index in [0.29, 0.717) is 0 Å². The predicted octanol–water partition coefficient (Wildman–Crippen LogP) is 5.75. The van der Waals surface area contributed by atoms with Crippen molar-refractivity contribution in [1.29, 1.82) is 0 Å². The van der Waals surface area contributed by atoms with Crippen LogP contribution in [0.3, 0.4) is 0 Å². The van der Waals surface area contributed by atoms with Gasteiger partial charge >= 0.3 is 0 Å². The Balaban J connectivity index is 1.65. The van der Waals surface area contributed by atoms with E-state index in [0.717, 1.165) is 19.5 Å². The van der Waals surface area contributed by atoms with Gasteiger partial charge in [-0.05, 0) is 39.2 Å². The highest BCUT2D eigenvalue weighted by molar-refractivity contribution is 6.04. The van der Waals surface area contributed by atoms with E-state index in [1.807, 2.05) is 0 Å². The van der Waals surface area contributed by atoms with Crippen molar-refractivity contribution in [3.63, 3.8) is 0 Å². The van der Waals surface area contributed by atoms with Crippen LogP contribution >= 0.6 is 0 Å². The molecule has 30 heavy (non-hydrogen) atoms. The number of fused-ring (bicyclic) bond motifs is 2. The van der Waals surface area contributed by atoms with Crippen LogP contribution in [-0.4, -0.2) is 39.7 Å². The first kappa shape index (κ1) is 18.8. The lowest BCUT2D eigenvalue weighted by atomic mass is 9.98. The molecule has 0 amide bonds. The molecule has 0 atom stereocenters. The monoisotopic (exact) mass is 396 g/mol. The highest BCUT2D eigenvalue weighted by Crippen LogP contribution is 2.40. The molecule has 0 radical (unpaired) electrons. The first-order chi connectivity index (χ1) is 14.6. The van der Waals surface area contributed by atoms with Gasteiger partial charge in [-0.3, -0.25) is 0 Å². The van der Waals surface area contributed by atoms with Gasteiger partial charge in [0.2, 0.25) is 0 Å². The van der Waals surface area contributed by atoms with Crippen molar-refractivity contribution in [3.05, 3.63) is 73.3 Å². The van der Waals surface area contributed by atoms with Gasteiger partial charge in [-0.2, -0.15) is 0 Å². The summed E-state index contributed by atoms with van der Waals surface area (Å²) in [5.74, 6) is 0. The van der Waals surface area contributed by atoms with E-state index < -0.39 is 0 Å². The van der Waals surface area contributed by atoms with Crippen molar-refractivity contribution in [2.75, 3.05) is 20.6 Å². The van der Waals surface area contributed by atoms with Gasteiger partial charge in [0.15, 0.2) is 0 Å². The van der Waals surface area contributed by atoms with Gasteiger partial charge in [-0.15, -0.1) is 0 Å². The zero-order valence-electron chi connectivity index (χ0n) is 17.9. The molecule has 0 saturated carbocycles. The molecule has 0 aliphatic rings. The van der Waals surface area contributed by atoms with Gasteiger partial charge < -0.3 is 19.0 Å². The number of rotatable bonds is 6. The van der Waals surface area contributed by atoms with Crippen molar-refractivity contribution in [2.24, 2.45) is 7.05 Å². The molecule has 5 rings (SSSR count). The third-order valence-electron chi connectivity index (χ3n) is 5.92. The summed E-state index contributed by atoms with van der Waals surface area (Å²) in [6.45, 7) is 2.11. The van der Waals surface area contributed by atoms with Gasteiger partial charge in [-0.25, -0.2) is 0 Å². The Labute approximate surface area is 177 Å². The molecule has 0 spiro atoms. The lowest BCUT2D eigenvalue weighted by Crippen LogP contribution is -2.14. The lowest BCUT2D eigenvalue weighted by Gasteiger charge is -2.10. The molecule has 0 aliphatic carbocycles. The smallest absolute Gasteiger partial charge is 0.0486 e. The van der Waals surface area contributed by atoms with Crippen LogP contribution in [-0.2, 0) is 13.6 Å². The number of para-hydroxylation sites is 2. The van der Waals surface area contributed by atoms with Crippen molar-refractivity contribution in [3.8, 4) is 22.3 Å². The van der Waals surface area contributed by atoms with Crippen LogP contribution in [0.2, 0.25) is 0 Å². The Morgan fingerprint density at radius 1 is 0.800 bits per heavy atom. The zero-order valence-corrected chi connectivity index (χ0v) is 17.9. The number of hydrogen-bond acceptors (Lipinski definition) is 1. The number of aromatic amines is 1. The first-order valence-electron chi connectivity index (χ1n) is 10.6. The van der Waals surface area contributed by atoms with Crippen LogP contribution in [0.5, 0.6) is 0 Å². The van der Waals surface area contributed by atoms with E-state index in [1.54, 1.807) is 0 Å². The molecule has 4 heteroatoms. The SMILES string of the molecule is CN(C)CCCn1cc(-c2cn(C)cc2-c2c[nH]c3ccccc23)c2ccccc21. The largest absolute Gasteiger partial charge is 0.361 e. The third-order valence-corrected chi connectivity index (χ3v) is 5.92. The van der Waals surface area contributed by atoms with Gasteiger partial charge in [0.25, 0.3) is 0 Å². The van der Waals surface area contributed by atoms with Crippen LogP contribution in [0.25, 0.3) is 44.1 Å². The fourth-order valence-electron chi connectivity index (χ4n) is 4.51. The fourth-order valence-corrected chi connectivity index (χ4v) is 4.51. The van der Waals surface area contributed by atoms with Gasteiger partial charge in [0.05, 0.1) is 0 Å². The molecule has 2 aromatic carbocycles. The predicted molar refractivity (Wildman–Crippen MR) is 127 cm³/mol. The standard InChI is InChI=1S/C26H28N4/c1-28(2)13-8-14-30-18-24(20-10-5-7-12-26(20)30)23-17-29(3)16-22(23)21-15-27-25-11-6-4-9-19(21)25/h4-7,9-12,15-18,27H,8,13-14H2,1-3H3. The van der Waals surface area contributed by atoms with Gasteiger partial charge in [0.1, 0.15) is 0 Å². The van der Waals surface area contributed by atoms with E-state index in [9.17, 15) is 0 Å². The Bertz CT molecular complexity index is 1320. The van der Waals surface area contributed by atoms with Gasteiger partial charge in [-0.1, -0.05) is 36.4 Å². The van der Waals surface area contributed by atoms with Crippen LogP contribution in [0.4, 0.5) is 0 Å². The van der Waals surface area contributed by atoms with Crippen LogP contribution < -0.4 is 0 Å². The maximum atomic E-state index is 3.44. The zero-order chi connectivity index (χ0) is 20.7. The number of hydrogen-bond donors (Lipinski definition) is 1. The van der Waals surface area contributed by atoms with E-state index in [4.69, 9.17) is 0 Å². The fraction of sp³-hybridized carbons (Fsp3) is 0.231. The second kappa shape index (κ2) is 7.54. The summed E-state index contributed by atoms with van der Waals surface area (Å²) >= 11 is 0. The summed E-state index contributed by atoms with van der Waals surface area (Å²) in [5, 5.41) is 2.58. The van der Waals surface area contributed by atoms with Crippen molar-refractivity contribution >= 4 is 21.8 Å².